The van der Waals surface area contributed by atoms with Gasteiger partial charge in [-0.1, -0.05) is 0 Å². The Morgan fingerprint density at radius 3 is 1.50 bits per heavy atom. The summed E-state index contributed by atoms with van der Waals surface area (Å²) in [5.74, 6) is 0. The van der Waals surface area contributed by atoms with Crippen LogP contribution >= 0.6 is 0 Å². The monoisotopic (exact) mass is 182 g/mol. The molecule has 6 heavy (non-hydrogen) atoms. The Bertz CT molecular complexity index is 56.9. The van der Waals surface area contributed by atoms with Crippen LogP contribution < -0.4 is 0 Å². The average Bonchev–Trinajstić information content (AvgIpc) is 0.722. The first-order chi connectivity index (χ1) is 2.00. The van der Waals surface area contributed by atoms with Crippen molar-refractivity contribution in [2.45, 2.75) is 5.71 Å². The molecule has 0 rings (SSSR count). The van der Waals surface area contributed by atoms with E-state index in [1.807, 2.05) is 0 Å². The molecule has 0 aliphatic carbocycles. The summed E-state index contributed by atoms with van der Waals surface area (Å²) < 4.78 is 24.8. The molecule has 2 N–H and O–H groups in total. The Labute approximate surface area is 68.7 Å². The average molecular weight is 182 g/mol. The van der Waals surface area contributed by atoms with Crippen molar-refractivity contribution >= 4 is 51.9 Å². The fraction of sp³-hybridized carbons (Fsp3) is 1.00. The molecule has 0 radical (unpaired) electrons. The Balaban J connectivity index is 0. The van der Waals surface area contributed by atoms with Gasteiger partial charge in [0.2, 0.25) is 0 Å². The van der Waals surface area contributed by atoms with Gasteiger partial charge in [-0.25, -0.2) is 0 Å². The van der Waals surface area contributed by atoms with Crippen LogP contribution in [-0.4, -0.2) is 60.1 Å². The van der Waals surface area contributed by atoms with Crippen LogP contribution in [-0.2, 0) is 3.74 Å². The summed E-state index contributed by atoms with van der Waals surface area (Å²) in [6.07, 6.45) is 0. The predicted octanol–water partition coefficient (Wildman–Crippen LogP) is -1.95. The molecule has 0 aromatic carbocycles. The van der Waals surface area contributed by atoms with E-state index in [1.165, 1.54) is 0 Å². The van der Waals surface area contributed by atoms with Crippen LogP contribution in [0.3, 0.4) is 0 Å². The van der Waals surface area contributed by atoms with Gasteiger partial charge in [0.25, 0.3) is 0 Å². The van der Waals surface area contributed by atoms with E-state index in [0.717, 1.165) is 5.71 Å². The molecule has 0 saturated heterocycles. The van der Waals surface area contributed by atoms with E-state index >= 15 is 0 Å². The molecule has 0 saturated carbocycles. The molecule has 0 unspecified atom stereocenters. The summed E-state index contributed by atoms with van der Waals surface area (Å²) in [5, 5.41) is 0. The van der Waals surface area contributed by atoms with E-state index in [-0.39, 0.29) is 37.7 Å². The zero-order valence-corrected chi connectivity index (χ0v) is 4.63. The molecule has 0 aromatic heterocycles. The summed E-state index contributed by atoms with van der Waals surface area (Å²) in [7, 11) is 0. The summed E-state index contributed by atoms with van der Waals surface area (Å²) in [6, 6.07) is 0. The van der Waals surface area contributed by atoms with Gasteiger partial charge in [0.05, 0.1) is 0 Å². The van der Waals surface area contributed by atoms with Gasteiger partial charge in [-0.15, -0.1) is 0 Å². The van der Waals surface area contributed by atoms with Crippen molar-refractivity contribution in [3.63, 3.8) is 0 Å². The van der Waals surface area contributed by atoms with Crippen LogP contribution in [0.25, 0.3) is 0 Å². The standard InChI is InChI=1S/CH5AsO3.Ca.2H/c1-2(3,4)5;;;/h1H3,(H2,3,4,5);;;. The quantitative estimate of drug-likeness (QED) is 0.428. The summed E-state index contributed by atoms with van der Waals surface area (Å²) in [5.41, 5.74) is 0.915. The van der Waals surface area contributed by atoms with E-state index in [2.05, 4.69) is 0 Å². The normalized spacial score (nSPS) is 9.83. The molecule has 0 atom stereocenters. The van der Waals surface area contributed by atoms with E-state index in [0.29, 0.717) is 0 Å². The van der Waals surface area contributed by atoms with Crippen LogP contribution in [0, 0.1) is 0 Å². The van der Waals surface area contributed by atoms with Crippen molar-refractivity contribution < 1.29 is 11.9 Å². The van der Waals surface area contributed by atoms with Gasteiger partial charge < -0.3 is 0 Å². The van der Waals surface area contributed by atoms with E-state index in [9.17, 15) is 3.74 Å². The first-order valence-electron chi connectivity index (χ1n) is 1.03. The van der Waals surface area contributed by atoms with Crippen LogP contribution in [0.15, 0.2) is 0 Å². The van der Waals surface area contributed by atoms with Crippen molar-refractivity contribution in [1.82, 2.24) is 0 Å². The molecule has 0 heterocycles. The fourth-order valence-electron chi connectivity index (χ4n) is 0. The van der Waals surface area contributed by atoms with Gasteiger partial charge in [0, 0.05) is 0 Å². The Morgan fingerprint density at radius 1 is 1.50 bits per heavy atom. The molecule has 0 aromatic rings. The summed E-state index contributed by atoms with van der Waals surface area (Å²) in [6.45, 7) is 0. The zero-order chi connectivity index (χ0) is 4.50. The van der Waals surface area contributed by atoms with Crippen LogP contribution in [0.4, 0.5) is 0 Å². The minimum atomic E-state index is -4.12. The van der Waals surface area contributed by atoms with Crippen LogP contribution in [0.1, 0.15) is 0 Å². The van der Waals surface area contributed by atoms with Gasteiger partial charge in [-0.05, 0) is 0 Å². The zero-order valence-electron chi connectivity index (χ0n) is 2.75. The Hall–Kier alpha value is 1.54. The first kappa shape index (κ1) is 10.5. The van der Waals surface area contributed by atoms with Gasteiger partial charge in [-0.2, -0.15) is 0 Å². The van der Waals surface area contributed by atoms with Gasteiger partial charge >= 0.3 is 69.6 Å². The third kappa shape index (κ3) is 48.2. The molecule has 0 aliphatic heterocycles. The molecule has 0 aliphatic rings. The van der Waals surface area contributed by atoms with Crippen molar-refractivity contribution in [2.75, 3.05) is 0 Å². The second kappa shape index (κ2) is 3.53. The molecular weight excluding hydrogens is 175 g/mol. The van der Waals surface area contributed by atoms with Crippen molar-refractivity contribution in [3.8, 4) is 0 Å². The van der Waals surface area contributed by atoms with E-state index in [4.69, 9.17) is 8.19 Å². The first-order valence-corrected chi connectivity index (χ1v) is 5.35. The molecule has 0 amide bonds. The van der Waals surface area contributed by atoms with E-state index in [1.54, 1.807) is 0 Å². The second-order valence-corrected chi connectivity index (χ2v) is 4.34. The predicted molar refractivity (Wildman–Crippen MR) is 25.3 cm³/mol. The number of rotatable bonds is 0. The Morgan fingerprint density at radius 2 is 1.50 bits per heavy atom. The molecule has 5 heteroatoms. The third-order valence-corrected chi connectivity index (χ3v) is 0. The SMILES string of the molecule is C[As](=O)(O)O.[CaH2]. The van der Waals surface area contributed by atoms with Gasteiger partial charge in [0.15, 0.2) is 0 Å². The number of hydrogen-bond acceptors (Lipinski definition) is 1. The summed E-state index contributed by atoms with van der Waals surface area (Å²) >= 11 is -4.12. The Kier molecular flexibility index (Phi) is 6.18. The molecule has 0 bridgehead atoms. The van der Waals surface area contributed by atoms with Crippen LogP contribution in [0.5, 0.6) is 0 Å². The second-order valence-electron chi connectivity index (χ2n) is 0.835. The summed E-state index contributed by atoms with van der Waals surface area (Å²) in [4.78, 5) is 0. The van der Waals surface area contributed by atoms with Crippen molar-refractivity contribution in [2.24, 2.45) is 0 Å². The molecule has 36 valence electrons. The minimum absolute atomic E-state index is 0. The number of hydrogen-bond donors (Lipinski definition) is 2. The maximum atomic E-state index is 9.39. The van der Waals surface area contributed by atoms with Crippen molar-refractivity contribution in [1.29, 1.82) is 0 Å². The van der Waals surface area contributed by atoms with Crippen molar-refractivity contribution in [3.05, 3.63) is 0 Å². The van der Waals surface area contributed by atoms with Crippen LogP contribution in [0.2, 0.25) is 5.71 Å². The molecule has 0 fully saturated rings. The molecule has 0 spiro atoms. The molecule has 3 nitrogen and oxygen atoms in total. The van der Waals surface area contributed by atoms with Gasteiger partial charge in [0.1, 0.15) is 0 Å². The molecular formula is CH7AsCaO3. The topological polar surface area (TPSA) is 57.5 Å². The third-order valence-electron chi connectivity index (χ3n) is 0. The maximum absolute atomic E-state index is 9.39. The fourth-order valence-corrected chi connectivity index (χ4v) is 0. The van der Waals surface area contributed by atoms with Gasteiger partial charge in [-0.3, -0.25) is 0 Å². The van der Waals surface area contributed by atoms with E-state index < -0.39 is 14.2 Å².